The summed E-state index contributed by atoms with van der Waals surface area (Å²) in [5, 5.41) is 4.51. The van der Waals surface area contributed by atoms with Gasteiger partial charge in [-0.05, 0) is 38.1 Å². The van der Waals surface area contributed by atoms with Crippen LogP contribution in [0.5, 0.6) is 5.75 Å². The second-order valence-corrected chi connectivity index (χ2v) is 4.55. The van der Waals surface area contributed by atoms with E-state index in [2.05, 4.69) is 17.4 Å². The highest BCUT2D eigenvalue weighted by Gasteiger charge is 2.19. The van der Waals surface area contributed by atoms with E-state index in [0.717, 1.165) is 48.4 Å². The van der Waals surface area contributed by atoms with Gasteiger partial charge in [0.2, 0.25) is 0 Å². The Labute approximate surface area is 101 Å². The standard InChI is InChI=1S/C14H17NO2/c1-16-12-4-2-3-11-9-13(17-14(11)12)10-5-7-15-8-6-10/h2-4,9-10,15H,5-8H2,1H3. The van der Waals surface area contributed by atoms with E-state index < -0.39 is 0 Å². The van der Waals surface area contributed by atoms with Gasteiger partial charge >= 0.3 is 0 Å². The molecule has 1 N–H and O–H groups in total. The van der Waals surface area contributed by atoms with Crippen LogP contribution in [0.4, 0.5) is 0 Å². The second-order valence-electron chi connectivity index (χ2n) is 4.55. The maximum Gasteiger partial charge on any atom is 0.176 e. The van der Waals surface area contributed by atoms with Gasteiger partial charge in [0, 0.05) is 11.3 Å². The molecule has 17 heavy (non-hydrogen) atoms. The van der Waals surface area contributed by atoms with Crippen LogP contribution >= 0.6 is 0 Å². The van der Waals surface area contributed by atoms with Gasteiger partial charge in [-0.1, -0.05) is 12.1 Å². The molecule has 3 nitrogen and oxygen atoms in total. The van der Waals surface area contributed by atoms with E-state index in [-0.39, 0.29) is 0 Å². The number of fused-ring (bicyclic) bond motifs is 1. The number of benzene rings is 1. The maximum atomic E-state index is 5.98. The van der Waals surface area contributed by atoms with Crippen LogP contribution in [-0.4, -0.2) is 20.2 Å². The van der Waals surface area contributed by atoms with Crippen LogP contribution in [0.3, 0.4) is 0 Å². The summed E-state index contributed by atoms with van der Waals surface area (Å²) in [5.41, 5.74) is 0.878. The van der Waals surface area contributed by atoms with Gasteiger partial charge in [-0.15, -0.1) is 0 Å². The lowest BCUT2D eigenvalue weighted by Crippen LogP contribution is -2.26. The Balaban J connectivity index is 2.00. The highest BCUT2D eigenvalue weighted by atomic mass is 16.5. The van der Waals surface area contributed by atoms with Crippen LogP contribution in [-0.2, 0) is 0 Å². The Hall–Kier alpha value is -1.48. The van der Waals surface area contributed by atoms with Crippen LogP contribution in [0.2, 0.25) is 0 Å². The van der Waals surface area contributed by atoms with Crippen LogP contribution < -0.4 is 10.1 Å². The molecular formula is C14H17NO2. The third-order valence-electron chi connectivity index (χ3n) is 3.49. The van der Waals surface area contributed by atoms with Crippen molar-refractivity contribution in [3.05, 3.63) is 30.0 Å². The van der Waals surface area contributed by atoms with E-state index >= 15 is 0 Å². The average Bonchev–Trinajstić information content (AvgIpc) is 2.83. The average molecular weight is 231 g/mol. The molecule has 0 unspecified atom stereocenters. The van der Waals surface area contributed by atoms with Crippen LogP contribution in [0.25, 0.3) is 11.0 Å². The first-order valence-corrected chi connectivity index (χ1v) is 6.15. The molecule has 1 aromatic heterocycles. The topological polar surface area (TPSA) is 34.4 Å². The van der Waals surface area contributed by atoms with Crippen LogP contribution in [0.1, 0.15) is 24.5 Å². The number of piperidine rings is 1. The van der Waals surface area contributed by atoms with Gasteiger partial charge in [-0.3, -0.25) is 0 Å². The van der Waals surface area contributed by atoms with Gasteiger partial charge in [-0.25, -0.2) is 0 Å². The van der Waals surface area contributed by atoms with Gasteiger partial charge in [0.05, 0.1) is 7.11 Å². The lowest BCUT2D eigenvalue weighted by molar-refractivity contribution is 0.382. The first-order chi connectivity index (χ1) is 8.38. The SMILES string of the molecule is COc1cccc2cc(C3CCNCC3)oc12. The molecule has 0 atom stereocenters. The Bertz CT molecular complexity index is 512. The number of hydrogen-bond donors (Lipinski definition) is 1. The zero-order chi connectivity index (χ0) is 11.7. The molecular weight excluding hydrogens is 214 g/mol. The van der Waals surface area contributed by atoms with Crippen molar-refractivity contribution in [1.29, 1.82) is 0 Å². The smallest absolute Gasteiger partial charge is 0.176 e. The quantitative estimate of drug-likeness (QED) is 0.863. The van der Waals surface area contributed by atoms with E-state index in [4.69, 9.17) is 9.15 Å². The Morgan fingerprint density at radius 3 is 2.88 bits per heavy atom. The first kappa shape index (κ1) is 10.7. The maximum absolute atomic E-state index is 5.98. The van der Waals surface area contributed by atoms with Crippen molar-refractivity contribution < 1.29 is 9.15 Å². The molecule has 0 radical (unpaired) electrons. The molecule has 0 aliphatic carbocycles. The minimum absolute atomic E-state index is 0.549. The number of furan rings is 1. The van der Waals surface area contributed by atoms with Crippen molar-refractivity contribution in [2.45, 2.75) is 18.8 Å². The molecule has 3 rings (SSSR count). The summed E-state index contributed by atoms with van der Waals surface area (Å²) >= 11 is 0. The number of rotatable bonds is 2. The number of hydrogen-bond acceptors (Lipinski definition) is 3. The minimum atomic E-state index is 0.549. The summed E-state index contributed by atoms with van der Waals surface area (Å²) in [6, 6.07) is 8.18. The van der Waals surface area contributed by atoms with Crippen LogP contribution in [0.15, 0.2) is 28.7 Å². The highest BCUT2D eigenvalue weighted by Crippen LogP contribution is 2.34. The van der Waals surface area contributed by atoms with Crippen molar-refractivity contribution in [2.24, 2.45) is 0 Å². The largest absolute Gasteiger partial charge is 0.493 e. The van der Waals surface area contributed by atoms with Crippen molar-refractivity contribution in [1.82, 2.24) is 5.32 Å². The molecule has 1 saturated heterocycles. The molecule has 1 fully saturated rings. The van der Waals surface area contributed by atoms with Crippen molar-refractivity contribution >= 4 is 11.0 Å². The van der Waals surface area contributed by atoms with Gasteiger partial charge in [0.1, 0.15) is 5.76 Å². The van der Waals surface area contributed by atoms with E-state index in [1.54, 1.807) is 7.11 Å². The lowest BCUT2D eigenvalue weighted by Gasteiger charge is -2.20. The predicted molar refractivity (Wildman–Crippen MR) is 67.6 cm³/mol. The summed E-state index contributed by atoms with van der Waals surface area (Å²) in [4.78, 5) is 0. The van der Waals surface area contributed by atoms with Gasteiger partial charge in [0.15, 0.2) is 11.3 Å². The monoisotopic (exact) mass is 231 g/mol. The third-order valence-corrected chi connectivity index (χ3v) is 3.49. The number of nitrogens with one attached hydrogen (secondary N) is 1. The van der Waals surface area contributed by atoms with Crippen molar-refractivity contribution in [3.63, 3.8) is 0 Å². The van der Waals surface area contributed by atoms with Gasteiger partial charge in [0.25, 0.3) is 0 Å². The zero-order valence-electron chi connectivity index (χ0n) is 10.0. The first-order valence-electron chi connectivity index (χ1n) is 6.15. The minimum Gasteiger partial charge on any atom is -0.493 e. The van der Waals surface area contributed by atoms with E-state index in [1.165, 1.54) is 0 Å². The Morgan fingerprint density at radius 1 is 1.29 bits per heavy atom. The molecule has 3 heteroatoms. The Kier molecular flexibility index (Phi) is 2.77. The highest BCUT2D eigenvalue weighted by molar-refractivity contribution is 5.83. The summed E-state index contributed by atoms with van der Waals surface area (Å²) < 4.78 is 11.3. The second kappa shape index (κ2) is 4.41. The Morgan fingerprint density at radius 2 is 2.12 bits per heavy atom. The van der Waals surface area contributed by atoms with Gasteiger partial charge < -0.3 is 14.5 Å². The van der Waals surface area contributed by atoms with Crippen molar-refractivity contribution in [2.75, 3.05) is 20.2 Å². The molecule has 1 aromatic carbocycles. The number of ether oxygens (including phenoxy) is 1. The summed E-state index contributed by atoms with van der Waals surface area (Å²) in [6.07, 6.45) is 2.31. The predicted octanol–water partition coefficient (Wildman–Crippen LogP) is 2.91. The molecule has 0 spiro atoms. The molecule has 0 saturated carbocycles. The molecule has 0 amide bonds. The fourth-order valence-corrected chi connectivity index (χ4v) is 2.52. The number of para-hydroxylation sites is 1. The van der Waals surface area contributed by atoms with E-state index in [9.17, 15) is 0 Å². The normalized spacial score (nSPS) is 17.5. The molecule has 0 bridgehead atoms. The number of methoxy groups -OCH3 is 1. The molecule has 1 aliphatic rings. The van der Waals surface area contributed by atoms with Crippen LogP contribution in [0, 0.1) is 0 Å². The zero-order valence-corrected chi connectivity index (χ0v) is 10.0. The summed E-state index contributed by atoms with van der Waals surface area (Å²) in [5.74, 6) is 2.47. The molecule has 90 valence electrons. The third kappa shape index (κ3) is 1.91. The van der Waals surface area contributed by atoms with E-state index in [0.29, 0.717) is 5.92 Å². The molecule has 2 aromatic rings. The fourth-order valence-electron chi connectivity index (χ4n) is 2.52. The summed E-state index contributed by atoms with van der Waals surface area (Å²) in [6.45, 7) is 2.16. The van der Waals surface area contributed by atoms with Crippen molar-refractivity contribution in [3.8, 4) is 5.75 Å². The van der Waals surface area contributed by atoms with E-state index in [1.807, 2.05) is 12.1 Å². The fraction of sp³-hybridized carbons (Fsp3) is 0.429. The van der Waals surface area contributed by atoms with Gasteiger partial charge in [-0.2, -0.15) is 0 Å². The summed E-state index contributed by atoms with van der Waals surface area (Å²) in [7, 11) is 1.68. The molecule has 1 aliphatic heterocycles. The molecule has 2 heterocycles. The lowest BCUT2D eigenvalue weighted by atomic mass is 9.95.